The van der Waals surface area contributed by atoms with Crippen molar-refractivity contribution in [3.8, 4) is 0 Å². The van der Waals surface area contributed by atoms with Gasteiger partial charge in [-0.15, -0.1) is 0 Å². The molecule has 1 N–H and O–H groups in total. The van der Waals surface area contributed by atoms with Crippen molar-refractivity contribution in [2.24, 2.45) is 5.41 Å². The molecule has 2 amide bonds. The monoisotopic (exact) mass is 367 g/mol. The Hall–Kier alpha value is -2.63. The van der Waals surface area contributed by atoms with E-state index in [1.807, 2.05) is 24.8 Å². The van der Waals surface area contributed by atoms with Gasteiger partial charge in [0.1, 0.15) is 0 Å². The van der Waals surface area contributed by atoms with Gasteiger partial charge in [0.05, 0.1) is 11.0 Å². The molecule has 6 nitrogen and oxygen atoms in total. The lowest BCUT2D eigenvalue weighted by molar-refractivity contribution is -0.147. The number of fused-ring (bicyclic) bond motifs is 1. The molecule has 0 bridgehead atoms. The average Bonchev–Trinajstić information content (AvgIpc) is 3.09. The molecule has 6 heteroatoms. The van der Waals surface area contributed by atoms with Gasteiger partial charge in [-0.05, 0) is 39.2 Å². The Morgan fingerprint density at radius 1 is 1.11 bits per heavy atom. The van der Waals surface area contributed by atoms with Gasteiger partial charge >= 0.3 is 0 Å². The highest BCUT2D eigenvalue weighted by Crippen LogP contribution is 2.41. The Morgan fingerprint density at radius 2 is 1.85 bits per heavy atom. The summed E-state index contributed by atoms with van der Waals surface area (Å²) in [6, 6.07) is 7.33. The highest BCUT2D eigenvalue weighted by Gasteiger charge is 2.49. The zero-order chi connectivity index (χ0) is 19.2. The molecule has 2 aliphatic rings. The number of carbonyl (C=O) groups excluding carboxylic acids is 2. The summed E-state index contributed by atoms with van der Waals surface area (Å²) in [5.74, 6) is 0.0687. The number of carbonyl (C=O) groups is 2. The van der Waals surface area contributed by atoms with Gasteiger partial charge in [-0.25, -0.2) is 0 Å². The van der Waals surface area contributed by atoms with Crippen LogP contribution in [-0.4, -0.2) is 52.3 Å². The number of likely N-dealkylation sites (tertiary alicyclic amines) is 2. The molecule has 0 aliphatic carbocycles. The van der Waals surface area contributed by atoms with E-state index in [0.717, 1.165) is 19.4 Å². The minimum absolute atomic E-state index is 0.117. The van der Waals surface area contributed by atoms with Crippen molar-refractivity contribution in [1.82, 2.24) is 14.8 Å². The van der Waals surface area contributed by atoms with Crippen LogP contribution < -0.4 is 5.56 Å². The number of nitrogens with zero attached hydrogens (tertiary/aromatic N) is 2. The smallest absolute Gasteiger partial charge is 0.256 e. The van der Waals surface area contributed by atoms with E-state index >= 15 is 0 Å². The number of H-pyrrole nitrogens is 1. The van der Waals surface area contributed by atoms with E-state index in [2.05, 4.69) is 4.98 Å². The molecule has 4 rings (SSSR count). The van der Waals surface area contributed by atoms with Crippen LogP contribution in [0.1, 0.15) is 43.5 Å². The Bertz CT molecular complexity index is 965. The lowest BCUT2D eigenvalue weighted by Crippen LogP contribution is -2.52. The Kier molecular flexibility index (Phi) is 4.29. The van der Waals surface area contributed by atoms with E-state index in [4.69, 9.17) is 0 Å². The molecule has 0 saturated carbocycles. The number of pyridine rings is 1. The van der Waals surface area contributed by atoms with Crippen molar-refractivity contribution in [2.75, 3.05) is 19.6 Å². The normalized spacial score (nSPS) is 23.0. The number of aromatic amines is 1. The van der Waals surface area contributed by atoms with Crippen LogP contribution in [0.4, 0.5) is 0 Å². The molecular weight excluding hydrogens is 342 g/mol. The lowest BCUT2D eigenvalue weighted by atomic mass is 9.78. The fourth-order valence-corrected chi connectivity index (χ4v) is 4.57. The van der Waals surface area contributed by atoms with E-state index in [-0.39, 0.29) is 23.4 Å². The molecule has 27 heavy (non-hydrogen) atoms. The van der Waals surface area contributed by atoms with Gasteiger partial charge in [0.25, 0.3) is 11.5 Å². The molecular formula is C21H25N3O3. The highest BCUT2D eigenvalue weighted by molar-refractivity contribution is 6.06. The van der Waals surface area contributed by atoms with Gasteiger partial charge in [0.2, 0.25) is 5.91 Å². The molecule has 1 atom stereocenters. The standard InChI is InChI=1S/C21H25N3O3/c1-14(2)24-10-5-8-21(20(24)27)9-11-23(13-21)19(26)17-12-22-18(25)16-7-4-3-6-15(16)17/h3-4,6-7,12,14H,5,8-11,13H2,1-2H3,(H,22,25)/t21-/m1/s1. The van der Waals surface area contributed by atoms with E-state index in [9.17, 15) is 14.4 Å². The number of piperidine rings is 1. The molecule has 2 aromatic rings. The number of rotatable bonds is 2. The SMILES string of the molecule is CC(C)N1CCC[C@]2(CCN(C(=O)c3c[nH]c(=O)c4ccccc34)C2)C1=O. The molecule has 2 saturated heterocycles. The van der Waals surface area contributed by atoms with Crippen LogP contribution in [0.15, 0.2) is 35.3 Å². The van der Waals surface area contributed by atoms with Crippen LogP contribution in [0, 0.1) is 5.41 Å². The van der Waals surface area contributed by atoms with Gasteiger partial charge in [0, 0.05) is 42.6 Å². The van der Waals surface area contributed by atoms with Crippen LogP contribution in [0.2, 0.25) is 0 Å². The first kappa shape index (κ1) is 17.8. The minimum Gasteiger partial charge on any atom is -0.340 e. The summed E-state index contributed by atoms with van der Waals surface area (Å²) in [5, 5.41) is 1.17. The third kappa shape index (κ3) is 2.83. The molecule has 1 aromatic carbocycles. The predicted octanol–water partition coefficient (Wildman–Crippen LogP) is 2.39. The van der Waals surface area contributed by atoms with E-state index in [1.54, 1.807) is 23.1 Å². The Morgan fingerprint density at radius 3 is 2.59 bits per heavy atom. The number of benzene rings is 1. The van der Waals surface area contributed by atoms with Crippen LogP contribution >= 0.6 is 0 Å². The topological polar surface area (TPSA) is 73.5 Å². The summed E-state index contributed by atoms with van der Waals surface area (Å²) < 4.78 is 0. The first-order chi connectivity index (χ1) is 12.9. The van der Waals surface area contributed by atoms with Crippen molar-refractivity contribution in [2.45, 2.75) is 39.2 Å². The fraction of sp³-hybridized carbons (Fsp3) is 0.476. The number of hydrogen-bond donors (Lipinski definition) is 1. The molecule has 1 aromatic heterocycles. The second-order valence-electron chi connectivity index (χ2n) is 8.03. The van der Waals surface area contributed by atoms with Crippen LogP contribution in [0.3, 0.4) is 0 Å². The fourth-order valence-electron chi connectivity index (χ4n) is 4.57. The summed E-state index contributed by atoms with van der Waals surface area (Å²) in [4.78, 5) is 44.7. The molecule has 3 heterocycles. The second-order valence-corrected chi connectivity index (χ2v) is 8.03. The average molecular weight is 367 g/mol. The van der Waals surface area contributed by atoms with E-state index in [0.29, 0.717) is 35.8 Å². The Balaban J connectivity index is 1.63. The molecule has 142 valence electrons. The third-order valence-electron chi connectivity index (χ3n) is 6.07. The van der Waals surface area contributed by atoms with Crippen molar-refractivity contribution >= 4 is 22.6 Å². The van der Waals surface area contributed by atoms with Crippen molar-refractivity contribution in [3.63, 3.8) is 0 Å². The maximum absolute atomic E-state index is 13.2. The summed E-state index contributed by atoms with van der Waals surface area (Å²) in [6.07, 6.45) is 4.03. The summed E-state index contributed by atoms with van der Waals surface area (Å²) in [5.41, 5.74) is -0.155. The van der Waals surface area contributed by atoms with Gasteiger partial charge in [-0.1, -0.05) is 18.2 Å². The molecule has 0 radical (unpaired) electrons. The molecule has 0 unspecified atom stereocenters. The van der Waals surface area contributed by atoms with Crippen LogP contribution in [0.25, 0.3) is 10.8 Å². The number of hydrogen-bond acceptors (Lipinski definition) is 3. The van der Waals surface area contributed by atoms with Crippen LogP contribution in [0.5, 0.6) is 0 Å². The number of nitrogens with one attached hydrogen (secondary N) is 1. The van der Waals surface area contributed by atoms with Gasteiger partial charge in [-0.2, -0.15) is 0 Å². The largest absolute Gasteiger partial charge is 0.340 e. The zero-order valence-electron chi connectivity index (χ0n) is 15.8. The van der Waals surface area contributed by atoms with Crippen molar-refractivity contribution in [1.29, 1.82) is 0 Å². The number of aromatic nitrogens is 1. The first-order valence-electron chi connectivity index (χ1n) is 9.64. The van der Waals surface area contributed by atoms with Gasteiger partial charge < -0.3 is 14.8 Å². The van der Waals surface area contributed by atoms with E-state index in [1.165, 1.54) is 6.20 Å². The maximum atomic E-state index is 13.2. The first-order valence-corrected chi connectivity index (χ1v) is 9.64. The Labute approximate surface area is 158 Å². The minimum atomic E-state index is -0.448. The van der Waals surface area contributed by atoms with Crippen molar-refractivity contribution in [3.05, 3.63) is 46.4 Å². The summed E-state index contributed by atoms with van der Waals surface area (Å²) in [7, 11) is 0. The summed E-state index contributed by atoms with van der Waals surface area (Å²) >= 11 is 0. The predicted molar refractivity (Wildman–Crippen MR) is 104 cm³/mol. The quantitative estimate of drug-likeness (QED) is 0.886. The van der Waals surface area contributed by atoms with E-state index < -0.39 is 5.41 Å². The number of amides is 2. The molecule has 2 aliphatic heterocycles. The lowest BCUT2D eigenvalue weighted by Gasteiger charge is -2.41. The van der Waals surface area contributed by atoms with Gasteiger partial charge in [-0.3, -0.25) is 14.4 Å². The van der Waals surface area contributed by atoms with Gasteiger partial charge in [0.15, 0.2) is 0 Å². The zero-order valence-corrected chi connectivity index (χ0v) is 15.8. The summed E-state index contributed by atoms with van der Waals surface area (Å²) in [6.45, 7) is 5.92. The van der Waals surface area contributed by atoms with Crippen molar-refractivity contribution < 1.29 is 9.59 Å². The molecule has 2 fully saturated rings. The second kappa shape index (κ2) is 6.51. The maximum Gasteiger partial charge on any atom is 0.256 e. The highest BCUT2D eigenvalue weighted by atomic mass is 16.2. The van der Waals surface area contributed by atoms with Crippen LogP contribution in [-0.2, 0) is 4.79 Å². The molecule has 1 spiro atoms. The third-order valence-corrected chi connectivity index (χ3v) is 6.07.